The fraction of sp³-hybridized carbons (Fsp3) is 0.421. The van der Waals surface area contributed by atoms with E-state index in [0.717, 1.165) is 5.56 Å². The van der Waals surface area contributed by atoms with Crippen LogP contribution in [0.1, 0.15) is 38.1 Å². The highest BCUT2D eigenvalue weighted by Crippen LogP contribution is 2.24. The number of rotatable bonds is 8. The summed E-state index contributed by atoms with van der Waals surface area (Å²) < 4.78 is 4.91. The maximum atomic E-state index is 12.4. The van der Waals surface area contributed by atoms with Crippen LogP contribution in [-0.2, 0) is 9.59 Å². The Bertz CT molecular complexity index is 777. The van der Waals surface area contributed by atoms with E-state index in [4.69, 9.17) is 16.1 Å². The average Bonchev–Trinajstić information content (AvgIpc) is 3.03. The van der Waals surface area contributed by atoms with E-state index in [2.05, 4.69) is 15.8 Å². The Kier molecular flexibility index (Phi) is 7.74. The second-order valence-electron chi connectivity index (χ2n) is 6.61. The van der Waals surface area contributed by atoms with Gasteiger partial charge in [-0.3, -0.25) is 9.59 Å². The minimum atomic E-state index is -0.402. The molecule has 2 amide bonds. The Morgan fingerprint density at radius 3 is 2.44 bits per heavy atom. The first kappa shape index (κ1) is 21.3. The van der Waals surface area contributed by atoms with Crippen molar-refractivity contribution in [1.29, 1.82) is 0 Å². The molecular formula is C19H24ClN3O3S. The molecule has 0 aliphatic rings. The summed E-state index contributed by atoms with van der Waals surface area (Å²) >= 11 is 7.20. The first-order chi connectivity index (χ1) is 12.8. The van der Waals surface area contributed by atoms with Gasteiger partial charge in [0.25, 0.3) is 0 Å². The molecule has 2 unspecified atom stereocenters. The van der Waals surface area contributed by atoms with Gasteiger partial charge in [0, 0.05) is 11.1 Å². The molecule has 0 saturated carbocycles. The van der Waals surface area contributed by atoms with Gasteiger partial charge in [-0.25, -0.2) is 0 Å². The van der Waals surface area contributed by atoms with Crippen molar-refractivity contribution in [3.63, 3.8) is 0 Å². The van der Waals surface area contributed by atoms with Crippen molar-refractivity contribution < 1.29 is 14.1 Å². The maximum absolute atomic E-state index is 12.4. The SMILES string of the molecule is Cc1cc(NC(=O)C(C)SCC(=O)NC(c2ccc(Cl)cc2)C(C)C)no1. The lowest BCUT2D eigenvalue weighted by Gasteiger charge is -2.23. The Morgan fingerprint density at radius 1 is 1.22 bits per heavy atom. The number of nitrogens with one attached hydrogen (secondary N) is 2. The van der Waals surface area contributed by atoms with E-state index in [1.807, 2.05) is 38.1 Å². The minimum Gasteiger partial charge on any atom is -0.360 e. The Balaban J connectivity index is 1.86. The van der Waals surface area contributed by atoms with E-state index in [1.165, 1.54) is 11.8 Å². The molecule has 0 fully saturated rings. The van der Waals surface area contributed by atoms with Crippen molar-refractivity contribution in [2.45, 2.75) is 39.0 Å². The van der Waals surface area contributed by atoms with Crippen molar-refractivity contribution in [2.24, 2.45) is 5.92 Å². The third-order valence-corrected chi connectivity index (χ3v) is 5.32. The number of nitrogens with zero attached hydrogens (tertiary/aromatic N) is 1. The van der Waals surface area contributed by atoms with E-state index in [1.54, 1.807) is 19.9 Å². The average molecular weight is 410 g/mol. The summed E-state index contributed by atoms with van der Waals surface area (Å²) in [6.07, 6.45) is 0. The van der Waals surface area contributed by atoms with Gasteiger partial charge in [-0.15, -0.1) is 11.8 Å². The topological polar surface area (TPSA) is 84.2 Å². The van der Waals surface area contributed by atoms with Crippen molar-refractivity contribution in [3.05, 3.63) is 46.7 Å². The molecule has 0 aliphatic carbocycles. The molecule has 1 heterocycles. The quantitative estimate of drug-likeness (QED) is 0.682. The zero-order valence-corrected chi connectivity index (χ0v) is 17.4. The minimum absolute atomic E-state index is 0.113. The number of hydrogen-bond acceptors (Lipinski definition) is 5. The van der Waals surface area contributed by atoms with Gasteiger partial charge in [0.05, 0.1) is 17.0 Å². The molecular weight excluding hydrogens is 386 g/mol. The number of anilines is 1. The van der Waals surface area contributed by atoms with Crippen molar-refractivity contribution in [2.75, 3.05) is 11.1 Å². The van der Waals surface area contributed by atoms with Crippen molar-refractivity contribution >= 4 is 41.0 Å². The molecule has 1 aromatic carbocycles. The largest absolute Gasteiger partial charge is 0.360 e. The normalized spacial score (nSPS) is 13.3. The Hall–Kier alpha value is -1.99. The number of halogens is 1. The van der Waals surface area contributed by atoms with Gasteiger partial charge in [-0.2, -0.15) is 0 Å². The molecule has 0 spiro atoms. The lowest BCUT2D eigenvalue weighted by molar-refractivity contribution is -0.119. The van der Waals surface area contributed by atoms with Crippen molar-refractivity contribution in [1.82, 2.24) is 10.5 Å². The van der Waals surface area contributed by atoms with Crippen LogP contribution in [0, 0.1) is 12.8 Å². The Morgan fingerprint density at radius 2 is 1.89 bits per heavy atom. The molecule has 2 N–H and O–H groups in total. The van der Waals surface area contributed by atoms with Crippen LogP contribution >= 0.6 is 23.4 Å². The lowest BCUT2D eigenvalue weighted by atomic mass is 9.96. The number of amides is 2. The summed E-state index contributed by atoms with van der Waals surface area (Å²) in [5.41, 5.74) is 1.000. The van der Waals surface area contributed by atoms with Crippen LogP contribution in [0.3, 0.4) is 0 Å². The van der Waals surface area contributed by atoms with Crippen LogP contribution in [0.25, 0.3) is 0 Å². The van der Waals surface area contributed by atoms with E-state index in [-0.39, 0.29) is 29.5 Å². The van der Waals surface area contributed by atoms with Crippen LogP contribution in [-0.4, -0.2) is 28.0 Å². The van der Waals surface area contributed by atoms with Crippen LogP contribution in [0.4, 0.5) is 5.82 Å². The van der Waals surface area contributed by atoms with Crippen LogP contribution in [0.5, 0.6) is 0 Å². The summed E-state index contributed by atoms with van der Waals surface area (Å²) in [4.78, 5) is 24.5. The number of thioether (sulfide) groups is 1. The first-order valence-corrected chi connectivity index (χ1v) is 10.1. The summed E-state index contributed by atoms with van der Waals surface area (Å²) in [5.74, 6) is 1.05. The molecule has 0 aliphatic heterocycles. The van der Waals surface area contributed by atoms with Gasteiger partial charge in [-0.1, -0.05) is 42.7 Å². The summed E-state index contributed by atoms with van der Waals surface area (Å²) in [7, 11) is 0. The highest BCUT2D eigenvalue weighted by Gasteiger charge is 2.21. The summed E-state index contributed by atoms with van der Waals surface area (Å²) in [6, 6.07) is 8.97. The molecule has 27 heavy (non-hydrogen) atoms. The number of carbonyl (C=O) groups is 2. The molecule has 1 aromatic heterocycles. The third kappa shape index (κ3) is 6.59. The number of hydrogen-bond donors (Lipinski definition) is 2. The second-order valence-corrected chi connectivity index (χ2v) is 8.37. The number of aryl methyl sites for hydroxylation is 1. The highest BCUT2D eigenvalue weighted by atomic mass is 35.5. The number of aromatic nitrogens is 1. The van der Waals surface area contributed by atoms with Gasteiger partial charge in [-0.05, 0) is 37.5 Å². The molecule has 0 saturated heterocycles. The van der Waals surface area contributed by atoms with Gasteiger partial charge in [0.1, 0.15) is 5.76 Å². The molecule has 146 valence electrons. The van der Waals surface area contributed by atoms with Gasteiger partial charge in [0.2, 0.25) is 11.8 Å². The highest BCUT2D eigenvalue weighted by molar-refractivity contribution is 8.01. The lowest BCUT2D eigenvalue weighted by Crippen LogP contribution is -2.34. The van der Waals surface area contributed by atoms with Gasteiger partial charge >= 0.3 is 0 Å². The summed E-state index contributed by atoms with van der Waals surface area (Å²) in [5, 5.41) is 9.69. The second kappa shape index (κ2) is 9.80. The summed E-state index contributed by atoms with van der Waals surface area (Å²) in [6.45, 7) is 7.59. The molecule has 2 rings (SSSR count). The van der Waals surface area contributed by atoms with E-state index in [0.29, 0.717) is 16.6 Å². The van der Waals surface area contributed by atoms with E-state index < -0.39 is 5.25 Å². The molecule has 8 heteroatoms. The molecule has 2 aromatic rings. The van der Waals surface area contributed by atoms with Crippen LogP contribution in [0.15, 0.2) is 34.9 Å². The van der Waals surface area contributed by atoms with Crippen molar-refractivity contribution in [3.8, 4) is 0 Å². The zero-order chi connectivity index (χ0) is 20.0. The molecule has 0 radical (unpaired) electrons. The monoisotopic (exact) mass is 409 g/mol. The predicted octanol–water partition coefficient (Wildman–Crippen LogP) is 4.21. The van der Waals surface area contributed by atoms with Crippen LogP contribution < -0.4 is 10.6 Å². The van der Waals surface area contributed by atoms with Gasteiger partial charge in [0.15, 0.2) is 5.82 Å². The van der Waals surface area contributed by atoms with Gasteiger partial charge < -0.3 is 15.2 Å². The number of carbonyl (C=O) groups excluding carboxylic acids is 2. The molecule has 6 nitrogen and oxygen atoms in total. The third-order valence-electron chi connectivity index (χ3n) is 3.93. The van der Waals surface area contributed by atoms with E-state index in [9.17, 15) is 9.59 Å². The fourth-order valence-electron chi connectivity index (χ4n) is 2.45. The van der Waals surface area contributed by atoms with Crippen LogP contribution in [0.2, 0.25) is 5.02 Å². The first-order valence-electron chi connectivity index (χ1n) is 8.67. The molecule has 2 atom stereocenters. The maximum Gasteiger partial charge on any atom is 0.238 e. The standard InChI is InChI=1S/C19H24ClN3O3S/c1-11(2)18(14-5-7-15(20)8-6-14)22-17(24)10-27-13(4)19(25)21-16-9-12(3)26-23-16/h5-9,11,13,18H,10H2,1-4H3,(H,22,24)(H,21,23,25). The Labute approximate surface area is 168 Å². The smallest absolute Gasteiger partial charge is 0.238 e. The molecule has 0 bridgehead atoms. The number of benzene rings is 1. The fourth-order valence-corrected chi connectivity index (χ4v) is 3.27. The predicted molar refractivity (Wildman–Crippen MR) is 109 cm³/mol. The van der Waals surface area contributed by atoms with E-state index >= 15 is 0 Å². The zero-order valence-electron chi connectivity index (χ0n) is 15.8.